The van der Waals surface area contributed by atoms with Crippen LogP contribution in [0.3, 0.4) is 0 Å². The molecule has 1 atom stereocenters. The third kappa shape index (κ3) is 6.69. The molecule has 2 aliphatic rings. The Bertz CT molecular complexity index is 1110. The number of nitrogens with one attached hydrogen (secondary N) is 2. The molecule has 190 valence electrons. The van der Waals surface area contributed by atoms with Crippen molar-refractivity contribution in [3.05, 3.63) is 101 Å². The van der Waals surface area contributed by atoms with Crippen molar-refractivity contribution in [1.82, 2.24) is 10.2 Å². The third-order valence-corrected chi connectivity index (χ3v) is 7.35. The van der Waals surface area contributed by atoms with Crippen molar-refractivity contribution in [3.8, 4) is 0 Å². The van der Waals surface area contributed by atoms with E-state index in [0.717, 1.165) is 81.9 Å². The highest BCUT2D eigenvalue weighted by molar-refractivity contribution is 5.45. The Kier molecular flexibility index (Phi) is 8.26. The summed E-state index contributed by atoms with van der Waals surface area (Å²) in [6.07, 6.45) is 3.73. The summed E-state index contributed by atoms with van der Waals surface area (Å²) in [5.74, 6) is -0.401. The number of hydrogen-bond acceptors (Lipinski definition) is 4. The normalized spacial score (nSPS) is 18.7. The summed E-state index contributed by atoms with van der Waals surface area (Å²) in [6, 6.07) is 21.3. The highest BCUT2D eigenvalue weighted by Crippen LogP contribution is 2.26. The number of hydrogen-bond donors (Lipinski definition) is 2. The minimum absolute atomic E-state index is 0.182. The highest BCUT2D eigenvalue weighted by Gasteiger charge is 2.26. The first kappa shape index (κ1) is 24.9. The van der Waals surface area contributed by atoms with Crippen LogP contribution >= 0.6 is 0 Å². The summed E-state index contributed by atoms with van der Waals surface area (Å²) in [7, 11) is 0. The van der Waals surface area contributed by atoms with Gasteiger partial charge in [-0.25, -0.2) is 8.78 Å². The lowest BCUT2D eigenvalue weighted by Gasteiger charge is -2.37. The average Bonchev–Trinajstić information content (AvgIpc) is 2.89. The van der Waals surface area contributed by atoms with Gasteiger partial charge in [0.1, 0.15) is 11.6 Å². The SMILES string of the molecule is Fc1ccc(CC2Cc3cc(F)ccc3CN2CCNCc2ccc(NC3CCOCC3)cc2)cc1. The van der Waals surface area contributed by atoms with E-state index in [0.29, 0.717) is 6.04 Å². The molecule has 1 unspecified atom stereocenters. The molecule has 0 aromatic heterocycles. The Morgan fingerprint density at radius 3 is 2.33 bits per heavy atom. The number of rotatable bonds is 9. The van der Waals surface area contributed by atoms with Crippen LogP contribution in [0.15, 0.2) is 66.7 Å². The van der Waals surface area contributed by atoms with Crippen LogP contribution in [-0.4, -0.2) is 43.3 Å². The number of nitrogens with zero attached hydrogens (tertiary/aromatic N) is 1. The summed E-state index contributed by atoms with van der Waals surface area (Å²) < 4.78 is 32.7. The molecule has 0 radical (unpaired) electrons. The molecule has 3 aromatic rings. The molecule has 36 heavy (non-hydrogen) atoms. The van der Waals surface area contributed by atoms with Crippen LogP contribution in [-0.2, 0) is 30.7 Å². The predicted octanol–water partition coefficient (Wildman–Crippen LogP) is 5.31. The maximum absolute atomic E-state index is 13.9. The van der Waals surface area contributed by atoms with E-state index in [1.165, 1.54) is 23.3 Å². The second-order valence-corrected chi connectivity index (χ2v) is 9.98. The summed E-state index contributed by atoms with van der Waals surface area (Å²) >= 11 is 0. The topological polar surface area (TPSA) is 36.5 Å². The standard InChI is InChI=1S/C30H35F2N3O/c31-26-6-1-22(2-7-26)17-30-19-25-18-27(32)8-5-24(25)21-35(30)14-13-33-20-23-3-9-28(10-4-23)34-29-11-15-36-16-12-29/h1-10,18,29-30,33-34H,11-17,19-21H2. The fourth-order valence-electron chi connectivity index (χ4n) is 5.28. The second kappa shape index (κ2) is 12.0. The van der Waals surface area contributed by atoms with Crippen LogP contribution in [0.5, 0.6) is 0 Å². The van der Waals surface area contributed by atoms with Crippen LogP contribution in [0.4, 0.5) is 14.5 Å². The van der Waals surface area contributed by atoms with Crippen molar-refractivity contribution in [2.45, 2.75) is 50.9 Å². The summed E-state index contributed by atoms with van der Waals surface area (Å²) in [5.41, 5.74) is 5.81. The molecule has 0 bridgehead atoms. The van der Waals surface area contributed by atoms with Gasteiger partial charge in [-0.15, -0.1) is 0 Å². The Morgan fingerprint density at radius 2 is 1.56 bits per heavy atom. The van der Waals surface area contributed by atoms with Crippen molar-refractivity contribution >= 4 is 5.69 Å². The minimum atomic E-state index is -0.219. The number of fused-ring (bicyclic) bond motifs is 1. The molecule has 0 aliphatic carbocycles. The van der Waals surface area contributed by atoms with Gasteiger partial charge in [0.15, 0.2) is 0 Å². The Hall–Kier alpha value is -2.80. The molecule has 2 heterocycles. The third-order valence-electron chi connectivity index (χ3n) is 7.35. The zero-order chi connectivity index (χ0) is 24.7. The Labute approximate surface area is 212 Å². The molecule has 0 spiro atoms. The molecule has 6 heteroatoms. The average molecular weight is 492 g/mol. The van der Waals surface area contributed by atoms with E-state index in [2.05, 4.69) is 39.8 Å². The molecule has 1 fully saturated rings. The molecule has 2 aliphatic heterocycles. The fraction of sp³-hybridized carbons (Fsp3) is 0.400. The molecule has 5 rings (SSSR count). The summed E-state index contributed by atoms with van der Waals surface area (Å²) in [4.78, 5) is 2.47. The van der Waals surface area contributed by atoms with Gasteiger partial charge in [0, 0.05) is 57.2 Å². The Morgan fingerprint density at radius 1 is 0.833 bits per heavy atom. The van der Waals surface area contributed by atoms with Gasteiger partial charge in [0.2, 0.25) is 0 Å². The fourth-order valence-corrected chi connectivity index (χ4v) is 5.28. The van der Waals surface area contributed by atoms with Crippen LogP contribution < -0.4 is 10.6 Å². The molecular formula is C30H35F2N3O. The van der Waals surface area contributed by atoms with E-state index < -0.39 is 0 Å². The monoisotopic (exact) mass is 491 g/mol. The maximum atomic E-state index is 13.9. The van der Waals surface area contributed by atoms with E-state index in [4.69, 9.17) is 4.74 Å². The van der Waals surface area contributed by atoms with Gasteiger partial charge in [0.05, 0.1) is 0 Å². The van der Waals surface area contributed by atoms with Gasteiger partial charge in [-0.1, -0.05) is 30.3 Å². The summed E-state index contributed by atoms with van der Waals surface area (Å²) in [6.45, 7) is 5.05. The van der Waals surface area contributed by atoms with Gasteiger partial charge in [0.25, 0.3) is 0 Å². The van der Waals surface area contributed by atoms with Crippen molar-refractivity contribution < 1.29 is 13.5 Å². The molecule has 0 amide bonds. The first-order valence-corrected chi connectivity index (χ1v) is 13.0. The number of halogens is 2. The van der Waals surface area contributed by atoms with Crippen LogP contribution in [0.1, 0.15) is 35.1 Å². The highest BCUT2D eigenvalue weighted by atomic mass is 19.1. The van der Waals surface area contributed by atoms with E-state index in [9.17, 15) is 8.78 Å². The molecule has 3 aromatic carbocycles. The second-order valence-electron chi connectivity index (χ2n) is 9.98. The van der Waals surface area contributed by atoms with Gasteiger partial charge < -0.3 is 15.4 Å². The van der Waals surface area contributed by atoms with E-state index in [-0.39, 0.29) is 17.7 Å². The van der Waals surface area contributed by atoms with Crippen LogP contribution in [0.2, 0.25) is 0 Å². The van der Waals surface area contributed by atoms with Crippen molar-refractivity contribution in [2.24, 2.45) is 0 Å². The predicted molar refractivity (Wildman–Crippen MR) is 140 cm³/mol. The van der Waals surface area contributed by atoms with Crippen molar-refractivity contribution in [3.63, 3.8) is 0 Å². The van der Waals surface area contributed by atoms with E-state index in [1.807, 2.05) is 18.2 Å². The van der Waals surface area contributed by atoms with Gasteiger partial charge in [-0.05, 0) is 84.3 Å². The zero-order valence-electron chi connectivity index (χ0n) is 20.7. The number of benzene rings is 3. The lowest BCUT2D eigenvalue weighted by Crippen LogP contribution is -2.44. The van der Waals surface area contributed by atoms with E-state index >= 15 is 0 Å². The van der Waals surface area contributed by atoms with Gasteiger partial charge in [-0.2, -0.15) is 0 Å². The lowest BCUT2D eigenvalue weighted by molar-refractivity contribution is 0.0904. The lowest BCUT2D eigenvalue weighted by atomic mass is 9.90. The first-order valence-electron chi connectivity index (χ1n) is 13.0. The number of anilines is 1. The zero-order valence-corrected chi connectivity index (χ0v) is 20.7. The minimum Gasteiger partial charge on any atom is -0.382 e. The largest absolute Gasteiger partial charge is 0.382 e. The van der Waals surface area contributed by atoms with Gasteiger partial charge >= 0.3 is 0 Å². The maximum Gasteiger partial charge on any atom is 0.123 e. The number of ether oxygens (including phenoxy) is 1. The van der Waals surface area contributed by atoms with Crippen LogP contribution in [0.25, 0.3) is 0 Å². The smallest absolute Gasteiger partial charge is 0.123 e. The van der Waals surface area contributed by atoms with Crippen molar-refractivity contribution in [2.75, 3.05) is 31.6 Å². The van der Waals surface area contributed by atoms with Crippen LogP contribution in [0, 0.1) is 11.6 Å². The van der Waals surface area contributed by atoms with Gasteiger partial charge in [-0.3, -0.25) is 4.90 Å². The van der Waals surface area contributed by atoms with Crippen molar-refractivity contribution in [1.29, 1.82) is 0 Å². The molecule has 4 nitrogen and oxygen atoms in total. The Balaban J connectivity index is 1.15. The summed E-state index contributed by atoms with van der Waals surface area (Å²) in [5, 5.41) is 7.19. The molecular weight excluding hydrogens is 456 g/mol. The first-order chi connectivity index (χ1) is 17.6. The molecule has 0 saturated carbocycles. The van der Waals surface area contributed by atoms with E-state index in [1.54, 1.807) is 12.1 Å². The quantitative estimate of drug-likeness (QED) is 0.398. The molecule has 2 N–H and O–H groups in total. The molecule has 1 saturated heterocycles.